The molecule has 2 heterocycles. The monoisotopic (exact) mass is 311 g/mol. The Morgan fingerprint density at radius 3 is 2.55 bits per heavy atom. The van der Waals surface area contributed by atoms with Crippen LogP contribution in [0.2, 0.25) is 0 Å². The summed E-state index contributed by atoms with van der Waals surface area (Å²) in [6, 6.07) is 0.360. The molecule has 0 spiro atoms. The second-order valence-corrected chi connectivity index (χ2v) is 8.38. The molecular weight excluding hydrogens is 278 g/mol. The van der Waals surface area contributed by atoms with Gasteiger partial charge >= 0.3 is 0 Å². The SMILES string of the molecule is CC1CCC(O)(CN2CCC[C@@H]2[C@@H]2COCC[C@]2(C)O)CC1. The van der Waals surface area contributed by atoms with Crippen molar-refractivity contribution in [3.8, 4) is 0 Å². The summed E-state index contributed by atoms with van der Waals surface area (Å²) in [4.78, 5) is 2.45. The Hall–Kier alpha value is -0.160. The van der Waals surface area contributed by atoms with Crippen molar-refractivity contribution in [1.29, 1.82) is 0 Å². The molecule has 0 aromatic carbocycles. The predicted molar refractivity (Wildman–Crippen MR) is 86.7 cm³/mol. The lowest BCUT2D eigenvalue weighted by molar-refractivity contribution is -0.130. The van der Waals surface area contributed by atoms with Crippen LogP contribution in [0.4, 0.5) is 0 Å². The first kappa shape index (κ1) is 16.7. The second-order valence-electron chi connectivity index (χ2n) is 8.38. The topological polar surface area (TPSA) is 52.9 Å². The molecule has 1 saturated carbocycles. The Kier molecular flexibility index (Phi) is 4.84. The molecule has 1 aliphatic carbocycles. The van der Waals surface area contributed by atoms with Crippen LogP contribution in [0.25, 0.3) is 0 Å². The molecule has 0 radical (unpaired) electrons. The summed E-state index contributed by atoms with van der Waals surface area (Å²) < 4.78 is 5.66. The van der Waals surface area contributed by atoms with Gasteiger partial charge in [0.15, 0.2) is 0 Å². The van der Waals surface area contributed by atoms with Crippen molar-refractivity contribution in [3.05, 3.63) is 0 Å². The highest BCUT2D eigenvalue weighted by molar-refractivity contribution is 4.98. The van der Waals surface area contributed by atoms with E-state index in [1.807, 2.05) is 6.92 Å². The molecule has 2 N–H and O–H groups in total. The van der Waals surface area contributed by atoms with Crippen LogP contribution in [0.15, 0.2) is 0 Å². The zero-order chi connectivity index (χ0) is 15.8. The van der Waals surface area contributed by atoms with Gasteiger partial charge in [-0.15, -0.1) is 0 Å². The van der Waals surface area contributed by atoms with Gasteiger partial charge in [0.1, 0.15) is 0 Å². The molecule has 3 aliphatic rings. The zero-order valence-electron chi connectivity index (χ0n) is 14.3. The summed E-state index contributed by atoms with van der Waals surface area (Å²) in [6.45, 7) is 7.40. The van der Waals surface area contributed by atoms with Gasteiger partial charge in [0.2, 0.25) is 0 Å². The minimum Gasteiger partial charge on any atom is -0.390 e. The summed E-state index contributed by atoms with van der Waals surface area (Å²) in [5.74, 6) is 0.928. The average molecular weight is 311 g/mol. The Morgan fingerprint density at radius 1 is 1.14 bits per heavy atom. The van der Waals surface area contributed by atoms with Gasteiger partial charge in [0.05, 0.1) is 17.8 Å². The number of hydrogen-bond donors (Lipinski definition) is 2. The molecule has 0 aromatic rings. The minimum absolute atomic E-state index is 0.176. The number of ether oxygens (including phenoxy) is 1. The largest absolute Gasteiger partial charge is 0.390 e. The van der Waals surface area contributed by atoms with Gasteiger partial charge in [0, 0.05) is 25.1 Å². The molecule has 2 saturated heterocycles. The van der Waals surface area contributed by atoms with E-state index in [4.69, 9.17) is 4.74 Å². The summed E-state index contributed by atoms with van der Waals surface area (Å²) in [5.41, 5.74) is -1.15. The maximum Gasteiger partial charge on any atom is 0.0774 e. The average Bonchev–Trinajstić information content (AvgIpc) is 2.89. The third-order valence-electron chi connectivity index (χ3n) is 6.43. The molecule has 22 heavy (non-hydrogen) atoms. The lowest BCUT2D eigenvalue weighted by Crippen LogP contribution is -2.55. The predicted octanol–water partition coefficient (Wildman–Crippen LogP) is 2.18. The molecule has 3 atom stereocenters. The maximum absolute atomic E-state index is 11.0. The molecular formula is C18H33NO3. The number of nitrogens with zero attached hydrogens (tertiary/aromatic N) is 1. The van der Waals surface area contributed by atoms with E-state index >= 15 is 0 Å². The molecule has 0 aromatic heterocycles. The van der Waals surface area contributed by atoms with Gasteiger partial charge in [-0.1, -0.05) is 6.92 Å². The van der Waals surface area contributed by atoms with Gasteiger partial charge in [-0.05, 0) is 64.3 Å². The van der Waals surface area contributed by atoms with Crippen molar-refractivity contribution in [1.82, 2.24) is 4.90 Å². The fourth-order valence-corrected chi connectivity index (χ4v) is 4.72. The first-order valence-corrected chi connectivity index (χ1v) is 9.16. The maximum atomic E-state index is 11.0. The lowest BCUT2D eigenvalue weighted by Gasteiger charge is -2.45. The van der Waals surface area contributed by atoms with Crippen LogP contribution in [0.3, 0.4) is 0 Å². The molecule has 2 aliphatic heterocycles. The Morgan fingerprint density at radius 2 is 1.86 bits per heavy atom. The second kappa shape index (κ2) is 6.39. The lowest BCUT2D eigenvalue weighted by atomic mass is 9.77. The molecule has 3 rings (SSSR count). The van der Waals surface area contributed by atoms with Gasteiger partial charge in [-0.25, -0.2) is 0 Å². The molecule has 3 fully saturated rings. The zero-order valence-corrected chi connectivity index (χ0v) is 14.3. The van der Waals surface area contributed by atoms with Crippen molar-refractivity contribution < 1.29 is 14.9 Å². The number of rotatable bonds is 3. The number of hydrogen-bond acceptors (Lipinski definition) is 4. The highest BCUT2D eigenvalue weighted by Gasteiger charge is 2.46. The van der Waals surface area contributed by atoms with Crippen LogP contribution >= 0.6 is 0 Å². The van der Waals surface area contributed by atoms with E-state index < -0.39 is 11.2 Å². The fourth-order valence-electron chi connectivity index (χ4n) is 4.72. The quantitative estimate of drug-likeness (QED) is 0.839. The van der Waals surface area contributed by atoms with Gasteiger partial charge in [-0.3, -0.25) is 4.90 Å². The first-order chi connectivity index (χ1) is 10.4. The van der Waals surface area contributed by atoms with Crippen molar-refractivity contribution in [2.75, 3.05) is 26.3 Å². The summed E-state index contributed by atoms with van der Waals surface area (Å²) >= 11 is 0. The van der Waals surface area contributed by atoms with Gasteiger partial charge < -0.3 is 14.9 Å². The third-order valence-corrected chi connectivity index (χ3v) is 6.43. The highest BCUT2D eigenvalue weighted by atomic mass is 16.5. The standard InChI is InChI=1S/C18H33NO3/c1-14-5-7-18(21,8-6-14)13-19-10-3-4-16(19)15-12-22-11-9-17(15,2)20/h14-16,20-21H,3-13H2,1-2H3/t14?,15-,16+,17-,18?/m0/s1. The number of β-amino-alcohol motifs (C(OH)–C–C–N with tert-alkyl or cyclic N) is 1. The molecule has 0 unspecified atom stereocenters. The fraction of sp³-hybridized carbons (Fsp3) is 1.00. The van der Waals surface area contributed by atoms with Crippen LogP contribution in [0.1, 0.15) is 58.8 Å². The molecule has 128 valence electrons. The highest BCUT2D eigenvalue weighted by Crippen LogP contribution is 2.39. The molecule has 0 bridgehead atoms. The van der Waals surface area contributed by atoms with E-state index in [1.165, 1.54) is 6.42 Å². The Labute approximate surface area is 134 Å². The van der Waals surface area contributed by atoms with Gasteiger partial charge in [-0.2, -0.15) is 0 Å². The molecule has 4 heteroatoms. The van der Waals surface area contributed by atoms with Crippen LogP contribution in [-0.4, -0.2) is 58.7 Å². The van der Waals surface area contributed by atoms with Crippen molar-refractivity contribution >= 4 is 0 Å². The van der Waals surface area contributed by atoms with E-state index in [9.17, 15) is 10.2 Å². The minimum atomic E-state index is -0.630. The Balaban J connectivity index is 1.65. The third kappa shape index (κ3) is 3.50. The normalized spacial score (nSPS) is 47.7. The first-order valence-electron chi connectivity index (χ1n) is 9.16. The van der Waals surface area contributed by atoms with Crippen molar-refractivity contribution in [3.63, 3.8) is 0 Å². The summed E-state index contributed by atoms with van der Waals surface area (Å²) in [5, 5.41) is 21.7. The van der Waals surface area contributed by atoms with E-state index in [0.29, 0.717) is 19.3 Å². The van der Waals surface area contributed by atoms with E-state index in [2.05, 4.69) is 11.8 Å². The van der Waals surface area contributed by atoms with Crippen LogP contribution in [0, 0.1) is 11.8 Å². The van der Waals surface area contributed by atoms with E-state index in [1.54, 1.807) is 0 Å². The summed E-state index contributed by atoms with van der Waals surface area (Å²) in [6.07, 6.45) is 7.15. The van der Waals surface area contributed by atoms with Crippen molar-refractivity contribution in [2.45, 2.75) is 76.0 Å². The molecule has 4 nitrogen and oxygen atoms in total. The van der Waals surface area contributed by atoms with Crippen LogP contribution in [0.5, 0.6) is 0 Å². The molecule has 0 amide bonds. The van der Waals surface area contributed by atoms with E-state index in [-0.39, 0.29) is 5.92 Å². The van der Waals surface area contributed by atoms with Crippen LogP contribution in [-0.2, 0) is 4.74 Å². The van der Waals surface area contributed by atoms with Gasteiger partial charge in [0.25, 0.3) is 0 Å². The Bertz CT molecular complexity index is 377. The number of likely N-dealkylation sites (tertiary alicyclic amines) is 1. The number of aliphatic hydroxyl groups is 2. The van der Waals surface area contributed by atoms with Crippen LogP contribution < -0.4 is 0 Å². The van der Waals surface area contributed by atoms with Crippen molar-refractivity contribution in [2.24, 2.45) is 11.8 Å². The summed E-state index contributed by atoms with van der Waals surface area (Å²) in [7, 11) is 0. The smallest absolute Gasteiger partial charge is 0.0774 e. The van der Waals surface area contributed by atoms with E-state index in [0.717, 1.165) is 57.5 Å².